The van der Waals surface area contributed by atoms with Crippen LogP contribution in [0, 0.1) is 29.4 Å². The van der Waals surface area contributed by atoms with E-state index in [1.165, 1.54) is 13.2 Å². The van der Waals surface area contributed by atoms with Gasteiger partial charge in [-0.3, -0.25) is 24.6 Å². The van der Waals surface area contributed by atoms with Crippen LogP contribution in [0.3, 0.4) is 0 Å². The number of halogens is 2. The van der Waals surface area contributed by atoms with Crippen LogP contribution in [0.2, 0.25) is 0 Å². The SMILES string of the molecule is C#Cc1c(F)ccc2cccc(-c3nc4c5c(nc(OCC67CCCN6CCC7)nc5c3F)N3CCCOCC3CC4)c12.COC(=O)N1CCC(OC2CC3(CCN(c4ccc5c(c4)CN(C4CCC(=O)NC4=O)C5=O)CC3)C2)CC1. The summed E-state index contributed by atoms with van der Waals surface area (Å²) in [5, 5.41) is 4.16. The van der Waals surface area contributed by atoms with Crippen molar-refractivity contribution in [2.45, 2.75) is 133 Å². The van der Waals surface area contributed by atoms with E-state index in [-0.39, 0.29) is 70.7 Å². The van der Waals surface area contributed by atoms with Crippen molar-refractivity contribution in [3.8, 4) is 29.6 Å². The van der Waals surface area contributed by atoms with Crippen LogP contribution in [-0.4, -0.2) is 156 Å². The van der Waals surface area contributed by atoms with Crippen molar-refractivity contribution < 1.29 is 46.9 Å². The quantitative estimate of drug-likeness (QED) is 0.117. The molecule has 5 aromatic rings. The second-order valence-electron chi connectivity index (χ2n) is 23.8. The molecule has 7 fully saturated rings. The van der Waals surface area contributed by atoms with Gasteiger partial charge < -0.3 is 38.5 Å². The van der Waals surface area contributed by atoms with Gasteiger partial charge in [-0.25, -0.2) is 18.6 Å². The second-order valence-corrected chi connectivity index (χ2v) is 23.8. The summed E-state index contributed by atoms with van der Waals surface area (Å²) < 4.78 is 55.3. The molecule has 6 saturated heterocycles. The number of hydrogen-bond donors (Lipinski definition) is 1. The fourth-order valence-corrected chi connectivity index (χ4v) is 14.8. The Hall–Kier alpha value is -7.01. The summed E-state index contributed by atoms with van der Waals surface area (Å²) in [6.45, 7) is 8.39. The number of carbonyl (C=O) groups excluding carboxylic acids is 4. The number of aryl methyl sites for hydroxylation is 1. The van der Waals surface area contributed by atoms with Crippen LogP contribution >= 0.6 is 0 Å². The summed E-state index contributed by atoms with van der Waals surface area (Å²) in [4.78, 5) is 73.6. The van der Waals surface area contributed by atoms with Gasteiger partial charge in [0.25, 0.3) is 5.91 Å². The number of aromatic nitrogens is 3. The normalized spacial score (nSPS) is 23.5. The summed E-state index contributed by atoms with van der Waals surface area (Å²) in [6, 6.07) is 14.1. The fraction of sp³-hybridized carbons (Fsp3) is 0.532. The van der Waals surface area contributed by atoms with E-state index in [1.54, 1.807) is 21.9 Å². The van der Waals surface area contributed by atoms with Crippen molar-refractivity contribution in [3.05, 3.63) is 82.5 Å². The van der Waals surface area contributed by atoms with Gasteiger partial charge in [-0.2, -0.15) is 9.97 Å². The number of fused-ring (bicyclic) bond motifs is 5. The third-order valence-corrected chi connectivity index (χ3v) is 19.2. The Bertz CT molecular complexity index is 3360. The molecule has 9 aliphatic rings. The predicted molar refractivity (Wildman–Crippen MR) is 299 cm³/mol. The van der Waals surface area contributed by atoms with Crippen molar-refractivity contribution in [1.29, 1.82) is 0 Å². The van der Waals surface area contributed by atoms with Crippen LogP contribution in [0.25, 0.3) is 32.9 Å². The van der Waals surface area contributed by atoms with Crippen LogP contribution in [0.5, 0.6) is 6.01 Å². The van der Waals surface area contributed by atoms with Crippen molar-refractivity contribution in [2.24, 2.45) is 5.41 Å². The molecule has 1 saturated carbocycles. The monoisotopic (exact) mass is 1110 g/mol. The van der Waals surface area contributed by atoms with E-state index >= 15 is 4.39 Å². The van der Waals surface area contributed by atoms with Gasteiger partial charge in [0.1, 0.15) is 35.5 Å². The number of imide groups is 1. The predicted octanol–water partition coefficient (Wildman–Crippen LogP) is 8.10. The highest BCUT2D eigenvalue weighted by molar-refractivity contribution is 6.06. The molecule has 1 N–H and O–H groups in total. The molecule has 0 radical (unpaired) electrons. The first-order valence-electron chi connectivity index (χ1n) is 29.2. The lowest BCUT2D eigenvalue weighted by molar-refractivity contribution is -0.137. The zero-order valence-corrected chi connectivity index (χ0v) is 46.0. The second kappa shape index (κ2) is 21.7. The lowest BCUT2D eigenvalue weighted by Crippen LogP contribution is -2.52. The number of likely N-dealkylation sites (tertiary alicyclic amines) is 1. The maximum absolute atomic E-state index is 16.9. The first-order chi connectivity index (χ1) is 39.4. The summed E-state index contributed by atoms with van der Waals surface area (Å²) >= 11 is 0. The molecule has 14 rings (SSSR count). The Balaban J connectivity index is 0.000000154. The molecule has 81 heavy (non-hydrogen) atoms. The van der Waals surface area contributed by atoms with Crippen LogP contribution in [-0.2, 0) is 36.8 Å². The Labute approximate surface area is 470 Å². The maximum Gasteiger partial charge on any atom is 0.409 e. The molecule has 10 heterocycles. The van der Waals surface area contributed by atoms with E-state index in [1.807, 2.05) is 24.3 Å². The molecule has 2 unspecified atom stereocenters. The summed E-state index contributed by atoms with van der Waals surface area (Å²) in [7, 11) is 1.42. The number of hydrogen-bond acceptors (Lipinski definition) is 14. The van der Waals surface area contributed by atoms with Gasteiger partial charge in [0.05, 0.1) is 54.1 Å². The molecule has 4 amide bonds. The number of piperidine rings is 3. The number of amides is 4. The Kier molecular flexibility index (Phi) is 14.3. The van der Waals surface area contributed by atoms with Crippen molar-refractivity contribution in [3.63, 3.8) is 0 Å². The number of rotatable bonds is 8. The lowest BCUT2D eigenvalue weighted by Gasteiger charge is -2.53. The van der Waals surface area contributed by atoms with E-state index in [0.29, 0.717) is 103 Å². The number of nitrogens with zero attached hydrogens (tertiary/aromatic N) is 8. The first kappa shape index (κ1) is 53.3. The number of methoxy groups -OCH3 is 1. The van der Waals surface area contributed by atoms with Gasteiger partial charge in [-0.1, -0.05) is 30.2 Å². The third kappa shape index (κ3) is 9.88. The van der Waals surface area contributed by atoms with Gasteiger partial charge in [0, 0.05) is 74.5 Å². The van der Waals surface area contributed by atoms with Gasteiger partial charge >= 0.3 is 12.1 Å². The molecule has 424 valence electrons. The molecule has 8 aliphatic heterocycles. The molecule has 19 heteroatoms. The molecule has 3 aromatic carbocycles. The Morgan fingerprint density at radius 2 is 1.64 bits per heavy atom. The largest absolute Gasteiger partial charge is 0.461 e. The Morgan fingerprint density at radius 3 is 2.41 bits per heavy atom. The molecule has 1 aliphatic carbocycles. The molecule has 17 nitrogen and oxygen atoms in total. The Morgan fingerprint density at radius 1 is 0.840 bits per heavy atom. The molecular formula is C62H69F2N9O8. The smallest absolute Gasteiger partial charge is 0.409 e. The number of anilines is 2. The highest BCUT2D eigenvalue weighted by Gasteiger charge is 2.48. The van der Waals surface area contributed by atoms with E-state index in [0.717, 1.165) is 121 Å². The molecule has 2 atom stereocenters. The maximum atomic E-state index is 16.9. The molecule has 0 bridgehead atoms. The topological polar surface area (TPSA) is 172 Å². The minimum Gasteiger partial charge on any atom is -0.461 e. The van der Waals surface area contributed by atoms with Crippen LogP contribution < -0.4 is 19.9 Å². The number of carbonyl (C=O) groups is 4. The molecule has 1 spiro atoms. The zero-order chi connectivity index (χ0) is 55.6. The first-order valence-corrected chi connectivity index (χ1v) is 29.2. The highest BCUT2D eigenvalue weighted by Crippen LogP contribution is 2.52. The minimum absolute atomic E-state index is 0.00280. The van der Waals surface area contributed by atoms with Gasteiger partial charge in [0.2, 0.25) is 11.8 Å². The van der Waals surface area contributed by atoms with E-state index in [2.05, 4.69) is 32.0 Å². The van der Waals surface area contributed by atoms with E-state index < -0.39 is 17.7 Å². The minimum atomic E-state index is -0.585. The lowest BCUT2D eigenvalue weighted by atomic mass is 9.61. The summed E-state index contributed by atoms with van der Waals surface area (Å²) in [5.41, 5.74) is 4.63. The van der Waals surface area contributed by atoms with Crippen LogP contribution in [0.1, 0.15) is 117 Å². The average molecular weight is 1110 g/mol. The zero-order valence-electron chi connectivity index (χ0n) is 46.0. The van der Waals surface area contributed by atoms with Gasteiger partial charge in [-0.05, 0) is 144 Å². The molecule has 2 aromatic heterocycles. The number of nitrogens with one attached hydrogen (secondary N) is 1. The highest BCUT2D eigenvalue weighted by atomic mass is 19.1. The standard InChI is InChI=1S/C34H33F2N5O2.C28H36N4O6/c1-2-23-25(35)11-9-21-7-3-8-24(27(21)23)30-29(36)31-28-26(37-30)12-10-22-19-42-18-6-17-41(22)32(28)39-33(38-31)43-20-34-13-4-15-40(34)16-5-14-34;1-37-27(36)31-10-6-20(7-11-31)38-21-15-28(16-21)8-12-30(13-9-28)19-2-3-22-18(14-19)17-32(26(22)35)23-4-5-24(33)29-25(23)34/h1,3,7-9,11,22H,4-6,10,12-20H2;2-3,14,20-21,23H,4-13,15-17H2,1H3,(H,29,33,34). The van der Waals surface area contributed by atoms with Crippen molar-refractivity contribution in [2.75, 3.05) is 82.5 Å². The van der Waals surface area contributed by atoms with Crippen LogP contribution in [0.4, 0.5) is 25.1 Å². The fourth-order valence-electron chi connectivity index (χ4n) is 14.8. The third-order valence-electron chi connectivity index (χ3n) is 19.2. The van der Waals surface area contributed by atoms with Crippen LogP contribution in [0.15, 0.2) is 48.5 Å². The average Bonchev–Trinajstić information content (AvgIpc) is 4.19. The number of pyridine rings is 1. The molecular weight excluding hydrogens is 1040 g/mol. The van der Waals surface area contributed by atoms with E-state index in [4.69, 9.17) is 40.3 Å². The number of terminal acetylenes is 1. The van der Waals surface area contributed by atoms with Crippen molar-refractivity contribution >= 4 is 57.0 Å². The summed E-state index contributed by atoms with van der Waals surface area (Å²) in [6.07, 6.45) is 19.6. The van der Waals surface area contributed by atoms with Crippen molar-refractivity contribution in [1.82, 2.24) is 35.0 Å². The number of benzene rings is 3. The van der Waals surface area contributed by atoms with Gasteiger partial charge in [0.15, 0.2) is 5.82 Å². The number of ether oxygens (including phenoxy) is 4. The van der Waals surface area contributed by atoms with E-state index in [9.17, 15) is 23.6 Å². The van der Waals surface area contributed by atoms with Gasteiger partial charge in [-0.15, -0.1) is 6.42 Å². The summed E-state index contributed by atoms with van der Waals surface area (Å²) in [5.74, 6) is 1.24.